The van der Waals surface area contributed by atoms with Crippen molar-refractivity contribution in [3.63, 3.8) is 0 Å². The van der Waals surface area contributed by atoms with E-state index in [-0.39, 0.29) is 0 Å². The monoisotopic (exact) mass is 180 g/mol. The van der Waals surface area contributed by atoms with Crippen molar-refractivity contribution >= 4 is 5.84 Å². The van der Waals surface area contributed by atoms with E-state index in [4.69, 9.17) is 0 Å². The summed E-state index contributed by atoms with van der Waals surface area (Å²) < 4.78 is 0. The number of hydrogen-bond donors (Lipinski definition) is 0. The summed E-state index contributed by atoms with van der Waals surface area (Å²) in [5.74, 6) is 1.41. The smallest absolute Gasteiger partial charge is 0.0992 e. The number of hydrogen-bond acceptors (Lipinski definition) is 2. The molecule has 74 valence electrons. The van der Waals surface area contributed by atoms with Gasteiger partial charge >= 0.3 is 0 Å². The largest absolute Gasteiger partial charge is 0.357 e. The normalized spacial score (nSPS) is 27.3. The maximum absolute atomic E-state index is 4.59. The zero-order chi connectivity index (χ0) is 9.10. The van der Waals surface area contributed by atoms with Crippen LogP contribution in [-0.2, 0) is 0 Å². The highest BCUT2D eigenvalue weighted by Gasteiger charge is 2.29. The Balaban J connectivity index is 1.92. The molecule has 2 aliphatic heterocycles. The highest BCUT2D eigenvalue weighted by atomic mass is 15.2. The predicted octanol–water partition coefficient (Wildman–Crippen LogP) is 2.44. The number of fused-ring (bicyclic) bond motifs is 1. The standard InChI is InChI=1S/C11H20N2/c1-2-3-5-10-6-7-11-12-8-4-9-13(10)11/h10H,2-9H2,1H3. The SMILES string of the molecule is CCCCC1CCC2=NCCCN21. The van der Waals surface area contributed by atoms with Crippen molar-refractivity contribution < 1.29 is 0 Å². The van der Waals surface area contributed by atoms with Crippen LogP contribution < -0.4 is 0 Å². The van der Waals surface area contributed by atoms with E-state index in [0.717, 1.165) is 12.6 Å². The Morgan fingerprint density at radius 2 is 2.46 bits per heavy atom. The van der Waals surface area contributed by atoms with Gasteiger partial charge in [0, 0.05) is 25.6 Å². The molecule has 1 saturated heterocycles. The van der Waals surface area contributed by atoms with Gasteiger partial charge in [-0.05, 0) is 19.3 Å². The Bertz CT molecular complexity index is 198. The van der Waals surface area contributed by atoms with Crippen LogP contribution in [0.25, 0.3) is 0 Å². The summed E-state index contributed by atoms with van der Waals surface area (Å²) in [7, 11) is 0. The van der Waals surface area contributed by atoms with Gasteiger partial charge in [-0.1, -0.05) is 19.8 Å². The lowest BCUT2D eigenvalue weighted by Crippen LogP contribution is -2.36. The van der Waals surface area contributed by atoms with Gasteiger partial charge in [0.05, 0.1) is 5.84 Å². The quantitative estimate of drug-likeness (QED) is 0.651. The zero-order valence-electron chi connectivity index (χ0n) is 8.63. The molecule has 2 rings (SSSR count). The van der Waals surface area contributed by atoms with Crippen LogP contribution in [0.3, 0.4) is 0 Å². The van der Waals surface area contributed by atoms with Crippen LogP contribution in [0.4, 0.5) is 0 Å². The van der Waals surface area contributed by atoms with Gasteiger partial charge in [0.2, 0.25) is 0 Å². The number of amidine groups is 1. The van der Waals surface area contributed by atoms with Crippen LogP contribution in [0.1, 0.15) is 45.4 Å². The molecule has 0 aromatic heterocycles. The van der Waals surface area contributed by atoms with Gasteiger partial charge in [0.25, 0.3) is 0 Å². The molecule has 2 aliphatic rings. The molecular formula is C11H20N2. The van der Waals surface area contributed by atoms with E-state index in [1.165, 1.54) is 50.9 Å². The molecule has 0 N–H and O–H groups in total. The molecule has 2 heteroatoms. The number of nitrogens with zero attached hydrogens (tertiary/aromatic N) is 2. The Hall–Kier alpha value is -0.530. The van der Waals surface area contributed by atoms with Crippen LogP contribution in [0.2, 0.25) is 0 Å². The minimum Gasteiger partial charge on any atom is -0.357 e. The Morgan fingerprint density at radius 3 is 3.31 bits per heavy atom. The summed E-state index contributed by atoms with van der Waals surface area (Å²) >= 11 is 0. The van der Waals surface area contributed by atoms with Gasteiger partial charge in [-0.15, -0.1) is 0 Å². The van der Waals surface area contributed by atoms with Gasteiger partial charge in [-0.2, -0.15) is 0 Å². The minimum absolute atomic E-state index is 0.832. The van der Waals surface area contributed by atoms with Crippen LogP contribution >= 0.6 is 0 Å². The average Bonchev–Trinajstić information content (AvgIpc) is 2.58. The zero-order valence-corrected chi connectivity index (χ0v) is 8.63. The fourth-order valence-corrected chi connectivity index (χ4v) is 2.48. The van der Waals surface area contributed by atoms with Gasteiger partial charge in [-0.3, -0.25) is 4.99 Å². The van der Waals surface area contributed by atoms with Crippen LogP contribution in [0.5, 0.6) is 0 Å². The molecule has 0 spiro atoms. The Kier molecular flexibility index (Phi) is 2.87. The Morgan fingerprint density at radius 1 is 1.54 bits per heavy atom. The molecule has 13 heavy (non-hydrogen) atoms. The first-order valence-electron chi connectivity index (χ1n) is 5.72. The van der Waals surface area contributed by atoms with E-state index < -0.39 is 0 Å². The molecule has 1 atom stereocenters. The summed E-state index contributed by atoms with van der Waals surface area (Å²) in [5, 5.41) is 0. The third kappa shape index (κ3) is 1.87. The summed E-state index contributed by atoms with van der Waals surface area (Å²) in [6.45, 7) is 4.62. The number of aliphatic imine (C=N–C) groups is 1. The van der Waals surface area contributed by atoms with E-state index >= 15 is 0 Å². The lowest BCUT2D eigenvalue weighted by molar-refractivity contribution is 0.302. The molecule has 1 unspecified atom stereocenters. The first kappa shape index (κ1) is 9.04. The summed E-state index contributed by atoms with van der Waals surface area (Å²) in [5.41, 5.74) is 0. The molecular weight excluding hydrogens is 160 g/mol. The third-order valence-corrected chi connectivity index (χ3v) is 3.22. The fraction of sp³-hybridized carbons (Fsp3) is 0.909. The molecule has 0 aromatic rings. The van der Waals surface area contributed by atoms with Crippen molar-refractivity contribution in [1.82, 2.24) is 4.90 Å². The lowest BCUT2D eigenvalue weighted by atomic mass is 10.1. The predicted molar refractivity (Wildman–Crippen MR) is 56.2 cm³/mol. The second-order valence-electron chi connectivity index (χ2n) is 4.18. The third-order valence-electron chi connectivity index (χ3n) is 3.22. The number of unbranched alkanes of at least 4 members (excludes halogenated alkanes) is 1. The van der Waals surface area contributed by atoms with Crippen molar-refractivity contribution in [2.24, 2.45) is 4.99 Å². The highest BCUT2D eigenvalue weighted by Crippen LogP contribution is 2.26. The molecule has 0 aliphatic carbocycles. The van der Waals surface area contributed by atoms with Gasteiger partial charge in [-0.25, -0.2) is 0 Å². The van der Waals surface area contributed by atoms with E-state index in [9.17, 15) is 0 Å². The molecule has 0 saturated carbocycles. The van der Waals surface area contributed by atoms with E-state index in [0.29, 0.717) is 0 Å². The van der Waals surface area contributed by atoms with Gasteiger partial charge in [0.1, 0.15) is 0 Å². The van der Waals surface area contributed by atoms with Crippen molar-refractivity contribution in [2.45, 2.75) is 51.5 Å². The van der Waals surface area contributed by atoms with Crippen LogP contribution in [-0.4, -0.2) is 29.9 Å². The van der Waals surface area contributed by atoms with Gasteiger partial charge < -0.3 is 4.90 Å². The maximum Gasteiger partial charge on any atom is 0.0992 e. The average molecular weight is 180 g/mol. The second kappa shape index (κ2) is 4.12. The van der Waals surface area contributed by atoms with E-state index in [2.05, 4.69) is 16.8 Å². The van der Waals surface area contributed by atoms with Crippen molar-refractivity contribution in [2.75, 3.05) is 13.1 Å². The second-order valence-corrected chi connectivity index (χ2v) is 4.18. The topological polar surface area (TPSA) is 15.6 Å². The molecule has 0 amide bonds. The highest BCUT2D eigenvalue weighted by molar-refractivity contribution is 5.85. The van der Waals surface area contributed by atoms with Crippen LogP contribution in [0, 0.1) is 0 Å². The Labute approximate surface area is 81.0 Å². The molecule has 0 radical (unpaired) electrons. The van der Waals surface area contributed by atoms with Crippen molar-refractivity contribution in [3.05, 3.63) is 0 Å². The fourth-order valence-electron chi connectivity index (χ4n) is 2.48. The molecule has 0 bridgehead atoms. The first-order valence-corrected chi connectivity index (χ1v) is 5.72. The summed E-state index contributed by atoms with van der Waals surface area (Å²) in [6, 6.07) is 0.832. The van der Waals surface area contributed by atoms with E-state index in [1.807, 2.05) is 0 Å². The molecule has 0 aromatic carbocycles. The van der Waals surface area contributed by atoms with Crippen molar-refractivity contribution in [3.8, 4) is 0 Å². The minimum atomic E-state index is 0.832. The maximum atomic E-state index is 4.59. The molecule has 1 fully saturated rings. The summed E-state index contributed by atoms with van der Waals surface area (Å²) in [6.07, 6.45) is 7.97. The molecule has 2 nitrogen and oxygen atoms in total. The number of rotatable bonds is 3. The summed E-state index contributed by atoms with van der Waals surface area (Å²) in [4.78, 5) is 7.16. The lowest BCUT2D eigenvalue weighted by Gasteiger charge is -2.29. The van der Waals surface area contributed by atoms with E-state index in [1.54, 1.807) is 0 Å². The van der Waals surface area contributed by atoms with Crippen molar-refractivity contribution in [1.29, 1.82) is 0 Å². The first-order chi connectivity index (χ1) is 6.42. The molecule has 2 heterocycles. The van der Waals surface area contributed by atoms with Gasteiger partial charge in [0.15, 0.2) is 0 Å². The van der Waals surface area contributed by atoms with Crippen LogP contribution in [0.15, 0.2) is 4.99 Å².